The minimum Gasteiger partial charge on any atom is -0.492 e. The smallest absolute Gasteiger partial charge is 0.243 e. The van der Waals surface area contributed by atoms with E-state index >= 15 is 0 Å². The standard InChI is InChI=1S/C25H33N3O6S2/c1-20-6-10-23(11-7-20)36(32,33)28-17-4-5-21(19-28)25(29)26-14-18-34-22-8-12-24(13-9-22)35(30,31)27-15-2-3-16-27/h6-13,21H,2-5,14-19H2,1H3,(H,26,29)/t21-/m1/s1. The summed E-state index contributed by atoms with van der Waals surface area (Å²) in [6, 6.07) is 13.0. The number of hydrogen-bond donors (Lipinski definition) is 1. The highest BCUT2D eigenvalue weighted by Gasteiger charge is 2.33. The molecule has 0 bridgehead atoms. The van der Waals surface area contributed by atoms with E-state index in [0.29, 0.717) is 38.2 Å². The van der Waals surface area contributed by atoms with Crippen molar-refractivity contribution >= 4 is 26.0 Å². The normalized spacial score (nSPS) is 19.8. The van der Waals surface area contributed by atoms with Gasteiger partial charge in [0.25, 0.3) is 0 Å². The van der Waals surface area contributed by atoms with Gasteiger partial charge in [0.2, 0.25) is 26.0 Å². The van der Waals surface area contributed by atoms with Gasteiger partial charge in [-0.2, -0.15) is 8.61 Å². The van der Waals surface area contributed by atoms with Gasteiger partial charge in [-0.05, 0) is 69.0 Å². The molecule has 2 aromatic carbocycles. The molecule has 1 atom stereocenters. The molecule has 2 aliphatic rings. The van der Waals surface area contributed by atoms with Crippen LogP contribution in [0, 0.1) is 12.8 Å². The molecule has 2 heterocycles. The first-order valence-corrected chi connectivity index (χ1v) is 15.1. The Labute approximate surface area is 213 Å². The second-order valence-electron chi connectivity index (χ2n) is 9.24. The lowest BCUT2D eigenvalue weighted by molar-refractivity contribution is -0.126. The van der Waals surface area contributed by atoms with Crippen LogP contribution in [0.2, 0.25) is 0 Å². The molecule has 9 nitrogen and oxygen atoms in total. The lowest BCUT2D eigenvalue weighted by Gasteiger charge is -2.31. The third kappa shape index (κ3) is 6.08. The van der Waals surface area contributed by atoms with Crippen molar-refractivity contribution in [3.63, 3.8) is 0 Å². The van der Waals surface area contributed by atoms with Crippen LogP contribution in [0.25, 0.3) is 0 Å². The Bertz CT molecular complexity index is 1260. The number of carbonyl (C=O) groups excluding carboxylic acids is 1. The summed E-state index contributed by atoms with van der Waals surface area (Å²) in [5.74, 6) is -0.110. The summed E-state index contributed by atoms with van der Waals surface area (Å²) in [6.07, 6.45) is 3.01. The Hall–Kier alpha value is -2.47. The predicted octanol–water partition coefficient (Wildman–Crippen LogP) is 2.38. The fourth-order valence-corrected chi connectivity index (χ4v) is 7.55. The molecular formula is C25H33N3O6S2. The van der Waals surface area contributed by atoms with Crippen molar-refractivity contribution < 1.29 is 26.4 Å². The fraction of sp³-hybridized carbons (Fsp3) is 0.480. The first-order valence-electron chi connectivity index (χ1n) is 12.3. The zero-order valence-corrected chi connectivity index (χ0v) is 22.1. The molecular weight excluding hydrogens is 502 g/mol. The van der Waals surface area contributed by atoms with Gasteiger partial charge in [-0.25, -0.2) is 16.8 Å². The molecule has 36 heavy (non-hydrogen) atoms. The number of rotatable bonds is 9. The molecule has 11 heteroatoms. The molecule has 0 saturated carbocycles. The highest BCUT2D eigenvalue weighted by atomic mass is 32.2. The summed E-state index contributed by atoms with van der Waals surface area (Å²) >= 11 is 0. The van der Waals surface area contributed by atoms with Gasteiger partial charge in [0.05, 0.1) is 22.3 Å². The van der Waals surface area contributed by atoms with Crippen molar-refractivity contribution in [3.05, 3.63) is 54.1 Å². The zero-order chi connectivity index (χ0) is 25.8. The number of nitrogens with zero attached hydrogens (tertiary/aromatic N) is 2. The number of ether oxygens (including phenoxy) is 1. The quantitative estimate of drug-likeness (QED) is 0.494. The second kappa shape index (κ2) is 11.3. The molecule has 1 amide bonds. The first kappa shape index (κ1) is 26.6. The maximum Gasteiger partial charge on any atom is 0.243 e. The van der Waals surface area contributed by atoms with Gasteiger partial charge in [-0.15, -0.1) is 0 Å². The van der Waals surface area contributed by atoms with E-state index in [0.717, 1.165) is 18.4 Å². The highest BCUT2D eigenvalue weighted by Crippen LogP contribution is 2.25. The Morgan fingerprint density at radius 2 is 1.42 bits per heavy atom. The molecule has 0 unspecified atom stereocenters. The van der Waals surface area contributed by atoms with Crippen molar-refractivity contribution in [2.75, 3.05) is 39.3 Å². The van der Waals surface area contributed by atoms with E-state index in [2.05, 4.69) is 5.32 Å². The Kier molecular flexibility index (Phi) is 8.34. The molecule has 2 aliphatic heterocycles. The number of piperidine rings is 1. The van der Waals surface area contributed by atoms with E-state index in [1.165, 1.54) is 20.7 Å². The van der Waals surface area contributed by atoms with Gasteiger partial charge >= 0.3 is 0 Å². The molecule has 0 radical (unpaired) electrons. The fourth-order valence-electron chi connectivity index (χ4n) is 4.51. The average molecular weight is 536 g/mol. The minimum absolute atomic E-state index is 0.149. The van der Waals surface area contributed by atoms with E-state index in [4.69, 9.17) is 4.74 Å². The molecule has 4 rings (SSSR count). The van der Waals surface area contributed by atoms with Gasteiger partial charge < -0.3 is 10.1 Å². The van der Waals surface area contributed by atoms with Crippen molar-refractivity contribution in [1.29, 1.82) is 0 Å². The van der Waals surface area contributed by atoms with Gasteiger partial charge in [0.15, 0.2) is 0 Å². The predicted molar refractivity (Wildman–Crippen MR) is 136 cm³/mol. The van der Waals surface area contributed by atoms with Crippen LogP contribution in [-0.2, 0) is 24.8 Å². The van der Waals surface area contributed by atoms with Crippen LogP contribution in [-0.4, -0.2) is 70.7 Å². The summed E-state index contributed by atoms with van der Waals surface area (Å²) in [5.41, 5.74) is 0.982. The molecule has 1 N–H and O–H groups in total. The minimum atomic E-state index is -3.64. The van der Waals surface area contributed by atoms with E-state index in [1.807, 2.05) is 6.92 Å². The third-order valence-electron chi connectivity index (χ3n) is 6.61. The number of sulfonamides is 2. The number of carbonyl (C=O) groups is 1. The van der Waals surface area contributed by atoms with Crippen LogP contribution in [0.5, 0.6) is 5.75 Å². The van der Waals surface area contributed by atoms with Crippen LogP contribution in [0.3, 0.4) is 0 Å². The van der Waals surface area contributed by atoms with Crippen molar-refractivity contribution in [2.45, 2.75) is 42.4 Å². The monoisotopic (exact) mass is 535 g/mol. The van der Waals surface area contributed by atoms with Gasteiger partial charge in [-0.1, -0.05) is 17.7 Å². The topological polar surface area (TPSA) is 113 Å². The second-order valence-corrected chi connectivity index (χ2v) is 13.1. The average Bonchev–Trinajstić information content (AvgIpc) is 3.43. The number of amides is 1. The van der Waals surface area contributed by atoms with Crippen molar-refractivity contribution in [1.82, 2.24) is 13.9 Å². The maximum absolute atomic E-state index is 13.0. The zero-order valence-electron chi connectivity index (χ0n) is 20.4. The van der Waals surface area contributed by atoms with E-state index in [1.54, 1.807) is 36.4 Å². The molecule has 0 aliphatic carbocycles. The summed E-state index contributed by atoms with van der Waals surface area (Å²) in [4.78, 5) is 13.2. The number of benzene rings is 2. The van der Waals surface area contributed by atoms with Gasteiger partial charge in [0, 0.05) is 26.2 Å². The van der Waals surface area contributed by atoms with E-state index in [-0.39, 0.29) is 35.4 Å². The molecule has 2 aromatic rings. The number of aryl methyl sites for hydroxylation is 1. The SMILES string of the molecule is Cc1ccc(S(=O)(=O)N2CCC[C@@H](C(=O)NCCOc3ccc(S(=O)(=O)N4CCCC4)cc3)C2)cc1. The third-order valence-corrected chi connectivity index (χ3v) is 10.4. The number of nitrogens with one attached hydrogen (secondary N) is 1. The maximum atomic E-state index is 13.0. The molecule has 2 saturated heterocycles. The van der Waals surface area contributed by atoms with Crippen molar-refractivity contribution in [2.24, 2.45) is 5.92 Å². The van der Waals surface area contributed by atoms with Crippen molar-refractivity contribution in [3.8, 4) is 5.75 Å². The largest absolute Gasteiger partial charge is 0.492 e. The van der Waals surface area contributed by atoms with Crippen LogP contribution in [0.1, 0.15) is 31.2 Å². The number of hydrogen-bond acceptors (Lipinski definition) is 6. The summed E-state index contributed by atoms with van der Waals surface area (Å²) in [5, 5.41) is 2.83. The Morgan fingerprint density at radius 3 is 2.06 bits per heavy atom. The Morgan fingerprint density at radius 1 is 0.861 bits per heavy atom. The summed E-state index contributed by atoms with van der Waals surface area (Å²) < 4.78 is 59.7. The Balaban J connectivity index is 1.24. The van der Waals surface area contributed by atoms with E-state index in [9.17, 15) is 21.6 Å². The highest BCUT2D eigenvalue weighted by molar-refractivity contribution is 7.89. The lowest BCUT2D eigenvalue weighted by Crippen LogP contribution is -2.45. The molecule has 0 spiro atoms. The van der Waals surface area contributed by atoms with Crippen LogP contribution >= 0.6 is 0 Å². The lowest BCUT2D eigenvalue weighted by atomic mass is 9.99. The van der Waals surface area contributed by atoms with Gasteiger partial charge in [0.1, 0.15) is 12.4 Å². The van der Waals surface area contributed by atoms with E-state index < -0.39 is 26.0 Å². The van der Waals surface area contributed by atoms with Crippen LogP contribution in [0.4, 0.5) is 0 Å². The van der Waals surface area contributed by atoms with Crippen LogP contribution < -0.4 is 10.1 Å². The summed E-state index contributed by atoms with van der Waals surface area (Å²) in [7, 11) is -7.11. The molecule has 0 aromatic heterocycles. The van der Waals surface area contributed by atoms with Crippen LogP contribution in [0.15, 0.2) is 58.3 Å². The van der Waals surface area contributed by atoms with Gasteiger partial charge in [-0.3, -0.25) is 4.79 Å². The molecule has 196 valence electrons. The summed E-state index contributed by atoms with van der Waals surface area (Å²) in [6.45, 7) is 4.02. The molecule has 2 fully saturated rings. The first-order chi connectivity index (χ1) is 17.2.